The first kappa shape index (κ1) is 26.6. The molecule has 3 rings (SSSR count). The average molecular weight is 513 g/mol. The Kier molecular flexibility index (Phi) is 10.0. The minimum Gasteiger partial charge on any atom is -0.484 e. The molecular weight excluding hydrogens is 483 g/mol. The van der Waals surface area contributed by atoms with Crippen LogP contribution in [-0.2, 0) is 22.6 Å². The van der Waals surface area contributed by atoms with Crippen LogP contribution in [0, 0.1) is 6.92 Å². The number of amides is 2. The molecule has 0 aliphatic carbocycles. The molecule has 0 aliphatic heterocycles. The Balaban J connectivity index is 1.92. The number of para-hydroxylation sites is 1. The van der Waals surface area contributed by atoms with Gasteiger partial charge in [-0.2, -0.15) is 0 Å². The number of hydrogen-bond donors (Lipinski definition) is 1. The van der Waals surface area contributed by atoms with Gasteiger partial charge in [-0.25, -0.2) is 0 Å². The fourth-order valence-electron chi connectivity index (χ4n) is 3.70. The summed E-state index contributed by atoms with van der Waals surface area (Å²) in [6, 6.07) is 21.7. The Hall–Kier alpha value is -3.02. The first-order chi connectivity index (χ1) is 16.9. The summed E-state index contributed by atoms with van der Waals surface area (Å²) in [4.78, 5) is 28.4. The van der Waals surface area contributed by atoms with E-state index >= 15 is 0 Å². The van der Waals surface area contributed by atoms with E-state index in [0.717, 1.165) is 23.1 Å². The zero-order valence-electron chi connectivity index (χ0n) is 20.0. The standard InChI is InChI=1S/C28H30Cl2N2O3/c1-3-15-31-28(34)25(17-21-10-5-4-6-11-21)32(18-22-13-14-23(29)24(30)16-22)27(33)19-35-26-12-8-7-9-20(26)2/h4-14,16,25H,3,15,17-19H2,1-2H3,(H,31,34)/t25-/m0/s1. The Morgan fingerprint density at radius 1 is 0.943 bits per heavy atom. The molecule has 0 unspecified atom stereocenters. The van der Waals surface area contributed by atoms with E-state index in [4.69, 9.17) is 27.9 Å². The lowest BCUT2D eigenvalue weighted by Crippen LogP contribution is -2.51. The molecule has 5 nitrogen and oxygen atoms in total. The highest BCUT2D eigenvalue weighted by molar-refractivity contribution is 6.42. The lowest BCUT2D eigenvalue weighted by atomic mass is 10.0. The van der Waals surface area contributed by atoms with E-state index in [1.54, 1.807) is 23.1 Å². The van der Waals surface area contributed by atoms with Gasteiger partial charge in [0.1, 0.15) is 11.8 Å². The van der Waals surface area contributed by atoms with Gasteiger partial charge in [-0.1, -0.05) is 84.7 Å². The molecule has 184 valence electrons. The quantitative estimate of drug-likeness (QED) is 0.350. The van der Waals surface area contributed by atoms with Crippen LogP contribution in [0.5, 0.6) is 5.75 Å². The smallest absolute Gasteiger partial charge is 0.261 e. The molecule has 1 atom stereocenters. The van der Waals surface area contributed by atoms with Crippen LogP contribution < -0.4 is 10.1 Å². The van der Waals surface area contributed by atoms with Gasteiger partial charge in [0.25, 0.3) is 5.91 Å². The van der Waals surface area contributed by atoms with Crippen molar-refractivity contribution in [1.29, 1.82) is 0 Å². The summed E-state index contributed by atoms with van der Waals surface area (Å²) in [5, 5.41) is 3.78. The lowest BCUT2D eigenvalue weighted by molar-refractivity contribution is -0.142. The predicted molar refractivity (Wildman–Crippen MR) is 141 cm³/mol. The summed E-state index contributed by atoms with van der Waals surface area (Å²) >= 11 is 12.3. The van der Waals surface area contributed by atoms with Gasteiger partial charge in [0.05, 0.1) is 10.0 Å². The van der Waals surface area contributed by atoms with Gasteiger partial charge in [0, 0.05) is 19.5 Å². The zero-order valence-corrected chi connectivity index (χ0v) is 21.5. The second-order valence-electron chi connectivity index (χ2n) is 8.32. The van der Waals surface area contributed by atoms with Crippen LogP contribution in [-0.4, -0.2) is 35.9 Å². The highest BCUT2D eigenvalue weighted by Gasteiger charge is 2.30. The molecular formula is C28H30Cl2N2O3. The van der Waals surface area contributed by atoms with E-state index in [1.807, 2.05) is 68.4 Å². The third-order valence-corrected chi connectivity index (χ3v) is 6.34. The Morgan fingerprint density at radius 3 is 2.34 bits per heavy atom. The molecule has 2 amide bonds. The second kappa shape index (κ2) is 13.2. The number of nitrogens with zero attached hydrogens (tertiary/aromatic N) is 1. The van der Waals surface area contributed by atoms with Crippen molar-refractivity contribution in [2.24, 2.45) is 0 Å². The van der Waals surface area contributed by atoms with Gasteiger partial charge >= 0.3 is 0 Å². The highest BCUT2D eigenvalue weighted by Crippen LogP contribution is 2.24. The number of benzene rings is 3. The SMILES string of the molecule is CCCNC(=O)[C@H](Cc1ccccc1)N(Cc1ccc(Cl)c(Cl)c1)C(=O)COc1ccccc1C. The van der Waals surface area contributed by atoms with Gasteiger partial charge in [-0.05, 0) is 48.2 Å². The van der Waals surface area contributed by atoms with Gasteiger partial charge in [0.15, 0.2) is 6.61 Å². The summed E-state index contributed by atoms with van der Waals surface area (Å²) in [5.41, 5.74) is 2.65. The van der Waals surface area contributed by atoms with E-state index in [1.165, 1.54) is 0 Å². The summed E-state index contributed by atoms with van der Waals surface area (Å²) in [7, 11) is 0. The van der Waals surface area contributed by atoms with E-state index in [9.17, 15) is 9.59 Å². The van der Waals surface area contributed by atoms with Crippen molar-refractivity contribution in [1.82, 2.24) is 10.2 Å². The summed E-state index contributed by atoms with van der Waals surface area (Å²) in [5.74, 6) is 0.122. The van der Waals surface area contributed by atoms with Crippen molar-refractivity contribution in [3.05, 3.63) is 99.5 Å². The maximum absolute atomic E-state index is 13.6. The van der Waals surface area contributed by atoms with Crippen molar-refractivity contribution >= 4 is 35.0 Å². The predicted octanol–water partition coefficient (Wildman–Crippen LogP) is 5.85. The number of ether oxygens (including phenoxy) is 1. The van der Waals surface area contributed by atoms with Crippen LogP contribution in [0.4, 0.5) is 0 Å². The maximum atomic E-state index is 13.6. The zero-order chi connectivity index (χ0) is 25.2. The van der Waals surface area contributed by atoms with Crippen LogP contribution in [0.1, 0.15) is 30.0 Å². The number of hydrogen-bond acceptors (Lipinski definition) is 3. The largest absolute Gasteiger partial charge is 0.484 e. The first-order valence-electron chi connectivity index (χ1n) is 11.6. The van der Waals surface area contributed by atoms with Gasteiger partial charge < -0.3 is 15.0 Å². The van der Waals surface area contributed by atoms with Gasteiger partial charge in [-0.3, -0.25) is 9.59 Å². The third kappa shape index (κ3) is 7.74. The number of rotatable bonds is 11. The number of carbonyl (C=O) groups is 2. The molecule has 0 fully saturated rings. The number of halogens is 2. The Bertz CT molecular complexity index is 1140. The molecule has 0 heterocycles. The van der Waals surface area contributed by atoms with E-state index in [-0.39, 0.29) is 25.0 Å². The minimum atomic E-state index is -0.730. The average Bonchev–Trinajstić information content (AvgIpc) is 2.86. The van der Waals surface area contributed by atoms with E-state index in [0.29, 0.717) is 28.8 Å². The lowest BCUT2D eigenvalue weighted by Gasteiger charge is -2.31. The summed E-state index contributed by atoms with van der Waals surface area (Å²) in [6.45, 7) is 4.42. The van der Waals surface area contributed by atoms with Crippen molar-refractivity contribution in [3.63, 3.8) is 0 Å². The fourth-order valence-corrected chi connectivity index (χ4v) is 4.02. The molecule has 0 saturated carbocycles. The molecule has 0 saturated heterocycles. The fraction of sp³-hybridized carbons (Fsp3) is 0.286. The topological polar surface area (TPSA) is 58.6 Å². The number of carbonyl (C=O) groups excluding carboxylic acids is 2. The third-order valence-electron chi connectivity index (χ3n) is 5.60. The van der Waals surface area contributed by atoms with Crippen LogP contribution >= 0.6 is 23.2 Å². The van der Waals surface area contributed by atoms with Crippen LogP contribution in [0.3, 0.4) is 0 Å². The molecule has 0 radical (unpaired) electrons. The molecule has 35 heavy (non-hydrogen) atoms. The van der Waals surface area contributed by atoms with Gasteiger partial charge in [-0.15, -0.1) is 0 Å². The Morgan fingerprint density at radius 2 is 1.66 bits per heavy atom. The van der Waals surface area contributed by atoms with Gasteiger partial charge in [0.2, 0.25) is 5.91 Å². The monoisotopic (exact) mass is 512 g/mol. The molecule has 3 aromatic rings. The summed E-state index contributed by atoms with van der Waals surface area (Å²) < 4.78 is 5.85. The van der Waals surface area contributed by atoms with Crippen LogP contribution in [0.15, 0.2) is 72.8 Å². The van der Waals surface area contributed by atoms with Crippen molar-refractivity contribution in [2.45, 2.75) is 39.3 Å². The first-order valence-corrected chi connectivity index (χ1v) is 12.4. The van der Waals surface area contributed by atoms with Crippen molar-refractivity contribution in [3.8, 4) is 5.75 Å². The normalized spacial score (nSPS) is 11.5. The highest BCUT2D eigenvalue weighted by atomic mass is 35.5. The number of aryl methyl sites for hydroxylation is 1. The summed E-state index contributed by atoms with van der Waals surface area (Å²) in [6.07, 6.45) is 1.16. The molecule has 3 aromatic carbocycles. The molecule has 0 aromatic heterocycles. The molecule has 1 N–H and O–H groups in total. The molecule has 7 heteroatoms. The van der Waals surface area contributed by atoms with Crippen LogP contribution in [0.2, 0.25) is 10.0 Å². The second-order valence-corrected chi connectivity index (χ2v) is 9.14. The molecule has 0 aliphatic rings. The molecule has 0 spiro atoms. The maximum Gasteiger partial charge on any atom is 0.261 e. The van der Waals surface area contributed by atoms with E-state index < -0.39 is 6.04 Å². The molecule has 0 bridgehead atoms. The minimum absolute atomic E-state index is 0.184. The number of nitrogens with one attached hydrogen (secondary N) is 1. The van der Waals surface area contributed by atoms with Crippen molar-refractivity contribution in [2.75, 3.05) is 13.2 Å². The Labute approximate surface area is 217 Å². The van der Waals surface area contributed by atoms with E-state index in [2.05, 4.69) is 5.32 Å². The van der Waals surface area contributed by atoms with Crippen molar-refractivity contribution < 1.29 is 14.3 Å². The van der Waals surface area contributed by atoms with Crippen LogP contribution in [0.25, 0.3) is 0 Å².